The standard InChI is InChI=1S/C17H23F3N4O/c1-12-10-15(22-21-12)16(25)24-8-6-23(7-9-24)11-13-2-4-14(5-3-13)17(18,19)20/h2-5,12,15,21-22H,6-11H2,1H3. The fourth-order valence-electron chi connectivity index (χ4n) is 3.28. The molecule has 2 heterocycles. The van der Waals surface area contributed by atoms with Crippen molar-refractivity contribution >= 4 is 5.91 Å². The molecule has 0 bridgehead atoms. The Morgan fingerprint density at radius 1 is 1.12 bits per heavy atom. The number of alkyl halides is 3. The molecule has 2 fully saturated rings. The van der Waals surface area contributed by atoms with E-state index in [2.05, 4.69) is 15.8 Å². The first kappa shape index (κ1) is 18.2. The summed E-state index contributed by atoms with van der Waals surface area (Å²) in [5.74, 6) is 0.117. The minimum absolute atomic E-state index is 0.117. The molecule has 138 valence electrons. The zero-order valence-electron chi connectivity index (χ0n) is 14.1. The highest BCUT2D eigenvalue weighted by Gasteiger charge is 2.32. The lowest BCUT2D eigenvalue weighted by Gasteiger charge is -2.35. The molecule has 8 heteroatoms. The van der Waals surface area contributed by atoms with Gasteiger partial charge in [-0.1, -0.05) is 12.1 Å². The molecular weight excluding hydrogens is 333 g/mol. The van der Waals surface area contributed by atoms with Gasteiger partial charge in [-0.2, -0.15) is 13.2 Å². The number of benzene rings is 1. The highest BCUT2D eigenvalue weighted by molar-refractivity contribution is 5.82. The molecule has 0 aromatic heterocycles. The van der Waals surface area contributed by atoms with Gasteiger partial charge < -0.3 is 4.90 Å². The summed E-state index contributed by atoms with van der Waals surface area (Å²) < 4.78 is 37.8. The number of hydrogen-bond donors (Lipinski definition) is 2. The van der Waals surface area contributed by atoms with Crippen LogP contribution in [0.2, 0.25) is 0 Å². The molecule has 2 aliphatic heterocycles. The maximum atomic E-state index is 12.6. The normalized spacial score (nSPS) is 25.4. The van der Waals surface area contributed by atoms with Crippen molar-refractivity contribution in [3.63, 3.8) is 0 Å². The topological polar surface area (TPSA) is 47.6 Å². The van der Waals surface area contributed by atoms with Crippen LogP contribution in [-0.4, -0.2) is 54.0 Å². The highest BCUT2D eigenvalue weighted by Crippen LogP contribution is 2.29. The molecule has 1 amide bonds. The number of carbonyl (C=O) groups is 1. The molecule has 0 aliphatic carbocycles. The fourth-order valence-corrected chi connectivity index (χ4v) is 3.28. The van der Waals surface area contributed by atoms with Gasteiger partial charge in [0.15, 0.2) is 0 Å². The number of nitrogens with one attached hydrogen (secondary N) is 2. The van der Waals surface area contributed by atoms with E-state index in [1.807, 2.05) is 11.8 Å². The van der Waals surface area contributed by atoms with Crippen LogP contribution in [0.3, 0.4) is 0 Å². The number of halogens is 3. The van der Waals surface area contributed by atoms with E-state index in [0.717, 1.165) is 37.2 Å². The van der Waals surface area contributed by atoms with Gasteiger partial charge in [-0.25, -0.2) is 5.43 Å². The SMILES string of the molecule is CC1CC(C(=O)N2CCN(Cc3ccc(C(F)(F)F)cc3)CC2)NN1. The van der Waals surface area contributed by atoms with Crippen LogP contribution in [0.1, 0.15) is 24.5 Å². The molecule has 0 saturated carbocycles. The quantitative estimate of drug-likeness (QED) is 0.864. The molecule has 2 atom stereocenters. The molecule has 3 rings (SSSR count). The van der Waals surface area contributed by atoms with Crippen molar-refractivity contribution in [3.05, 3.63) is 35.4 Å². The van der Waals surface area contributed by atoms with Crippen LogP contribution in [0.4, 0.5) is 13.2 Å². The fraction of sp³-hybridized carbons (Fsp3) is 0.588. The van der Waals surface area contributed by atoms with Gasteiger partial charge in [0.05, 0.1) is 5.56 Å². The van der Waals surface area contributed by atoms with Crippen molar-refractivity contribution in [3.8, 4) is 0 Å². The van der Waals surface area contributed by atoms with E-state index in [-0.39, 0.29) is 18.0 Å². The molecule has 1 aromatic carbocycles. The van der Waals surface area contributed by atoms with Crippen molar-refractivity contribution in [2.45, 2.75) is 38.1 Å². The van der Waals surface area contributed by atoms with Crippen LogP contribution in [0, 0.1) is 0 Å². The summed E-state index contributed by atoms with van der Waals surface area (Å²) in [6.45, 7) is 5.37. The molecule has 5 nitrogen and oxygen atoms in total. The zero-order chi connectivity index (χ0) is 18.0. The Morgan fingerprint density at radius 3 is 2.28 bits per heavy atom. The van der Waals surface area contributed by atoms with Crippen LogP contribution in [-0.2, 0) is 17.5 Å². The maximum Gasteiger partial charge on any atom is 0.416 e. The number of nitrogens with zero attached hydrogens (tertiary/aromatic N) is 2. The Morgan fingerprint density at radius 2 is 1.76 bits per heavy atom. The predicted molar refractivity (Wildman–Crippen MR) is 87.4 cm³/mol. The summed E-state index contributed by atoms with van der Waals surface area (Å²) >= 11 is 0. The molecule has 25 heavy (non-hydrogen) atoms. The van der Waals surface area contributed by atoms with E-state index < -0.39 is 11.7 Å². The second-order valence-corrected chi connectivity index (χ2v) is 6.77. The minimum atomic E-state index is -4.30. The van der Waals surface area contributed by atoms with Gasteiger partial charge in [0, 0.05) is 38.8 Å². The van der Waals surface area contributed by atoms with Crippen LogP contribution in [0.15, 0.2) is 24.3 Å². The van der Waals surface area contributed by atoms with Gasteiger partial charge in [0.1, 0.15) is 6.04 Å². The number of carbonyl (C=O) groups excluding carboxylic acids is 1. The van der Waals surface area contributed by atoms with Crippen LogP contribution < -0.4 is 10.9 Å². The van der Waals surface area contributed by atoms with E-state index in [4.69, 9.17) is 0 Å². The number of hydrogen-bond acceptors (Lipinski definition) is 4. The number of hydrazine groups is 1. The largest absolute Gasteiger partial charge is 0.416 e. The molecule has 0 radical (unpaired) electrons. The summed E-state index contributed by atoms with van der Waals surface area (Å²) in [6.07, 6.45) is -3.52. The van der Waals surface area contributed by atoms with Gasteiger partial charge in [-0.15, -0.1) is 0 Å². The van der Waals surface area contributed by atoms with Crippen LogP contribution in [0.25, 0.3) is 0 Å². The average molecular weight is 356 g/mol. The summed E-state index contributed by atoms with van der Waals surface area (Å²) in [7, 11) is 0. The van der Waals surface area contributed by atoms with Gasteiger partial charge in [0.25, 0.3) is 0 Å². The van der Waals surface area contributed by atoms with Gasteiger partial charge in [-0.05, 0) is 31.0 Å². The Kier molecular flexibility index (Phi) is 5.31. The van der Waals surface area contributed by atoms with Crippen molar-refractivity contribution < 1.29 is 18.0 Å². The molecule has 2 aliphatic rings. The summed E-state index contributed by atoms with van der Waals surface area (Å²) in [4.78, 5) is 16.5. The van der Waals surface area contributed by atoms with Crippen molar-refractivity contribution in [1.82, 2.24) is 20.7 Å². The first-order valence-corrected chi connectivity index (χ1v) is 8.51. The van der Waals surface area contributed by atoms with Gasteiger partial charge >= 0.3 is 6.18 Å². The smallest absolute Gasteiger partial charge is 0.339 e. The van der Waals surface area contributed by atoms with E-state index in [0.29, 0.717) is 19.6 Å². The molecule has 0 spiro atoms. The second-order valence-electron chi connectivity index (χ2n) is 6.77. The Labute approximate surface area is 145 Å². The third kappa shape index (κ3) is 4.50. The Balaban J connectivity index is 1.48. The van der Waals surface area contributed by atoms with E-state index >= 15 is 0 Å². The third-order valence-electron chi connectivity index (χ3n) is 4.76. The summed E-state index contributed by atoms with van der Waals surface area (Å²) in [5, 5.41) is 0. The number of piperazine rings is 1. The minimum Gasteiger partial charge on any atom is -0.339 e. The highest BCUT2D eigenvalue weighted by atomic mass is 19.4. The molecule has 1 aromatic rings. The first-order valence-electron chi connectivity index (χ1n) is 8.51. The second kappa shape index (κ2) is 7.31. The molecular formula is C17H23F3N4O. The molecule has 2 saturated heterocycles. The first-order chi connectivity index (χ1) is 11.8. The lowest BCUT2D eigenvalue weighted by Crippen LogP contribution is -2.53. The summed E-state index contributed by atoms with van der Waals surface area (Å²) in [6, 6.07) is 5.40. The average Bonchev–Trinajstić information content (AvgIpc) is 3.01. The van der Waals surface area contributed by atoms with Crippen molar-refractivity contribution in [2.75, 3.05) is 26.2 Å². The van der Waals surface area contributed by atoms with Gasteiger partial charge in [0.2, 0.25) is 5.91 Å². The number of rotatable bonds is 3. The van der Waals surface area contributed by atoms with E-state index in [1.54, 1.807) is 0 Å². The third-order valence-corrected chi connectivity index (χ3v) is 4.76. The van der Waals surface area contributed by atoms with Crippen LogP contribution >= 0.6 is 0 Å². The predicted octanol–water partition coefficient (Wildman–Crippen LogP) is 1.60. The lowest BCUT2D eigenvalue weighted by molar-refractivity contribution is -0.137. The zero-order valence-corrected chi connectivity index (χ0v) is 14.1. The monoisotopic (exact) mass is 356 g/mol. The van der Waals surface area contributed by atoms with E-state index in [9.17, 15) is 18.0 Å². The van der Waals surface area contributed by atoms with Crippen molar-refractivity contribution in [2.24, 2.45) is 0 Å². The van der Waals surface area contributed by atoms with Crippen molar-refractivity contribution in [1.29, 1.82) is 0 Å². The Bertz CT molecular complexity index is 597. The summed E-state index contributed by atoms with van der Waals surface area (Å²) in [5.41, 5.74) is 6.31. The Hall–Kier alpha value is -1.64. The van der Waals surface area contributed by atoms with E-state index in [1.165, 1.54) is 12.1 Å². The lowest BCUT2D eigenvalue weighted by atomic mass is 10.1. The molecule has 2 N–H and O–H groups in total. The van der Waals surface area contributed by atoms with Gasteiger partial charge in [-0.3, -0.25) is 15.1 Å². The van der Waals surface area contributed by atoms with Crippen LogP contribution in [0.5, 0.6) is 0 Å². The number of amides is 1. The maximum absolute atomic E-state index is 12.6. The molecule has 2 unspecified atom stereocenters.